The van der Waals surface area contributed by atoms with Crippen LogP contribution in [0.25, 0.3) is 0 Å². The Kier molecular flexibility index (Phi) is 12.1. The smallest absolute Gasteiger partial charge is 0.342 e. The lowest BCUT2D eigenvalue weighted by atomic mass is 10.1. The van der Waals surface area contributed by atoms with Gasteiger partial charge in [0.25, 0.3) is 0 Å². The van der Waals surface area contributed by atoms with E-state index in [4.69, 9.17) is 24.5 Å². The van der Waals surface area contributed by atoms with Crippen molar-refractivity contribution in [2.45, 2.75) is 77.2 Å². The quantitative estimate of drug-likeness (QED) is 0.143. The van der Waals surface area contributed by atoms with Crippen LogP contribution in [-0.2, 0) is 32.9 Å². The predicted molar refractivity (Wildman–Crippen MR) is 143 cm³/mol. The number of nitrogens with one attached hydrogen (secondary N) is 2. The molecule has 39 heavy (non-hydrogen) atoms. The van der Waals surface area contributed by atoms with E-state index in [-0.39, 0.29) is 36.3 Å². The van der Waals surface area contributed by atoms with E-state index in [1.54, 1.807) is 0 Å². The van der Waals surface area contributed by atoms with Gasteiger partial charge in [-0.05, 0) is 30.8 Å². The van der Waals surface area contributed by atoms with Crippen LogP contribution >= 0.6 is 7.67 Å². The molecule has 2 aliphatic rings. The number of carbonyl (C=O) groups excluding carboxylic acids is 2. The summed E-state index contributed by atoms with van der Waals surface area (Å²) in [6.45, 7) is 10.8. The molecule has 15 heteroatoms. The normalized spacial score (nSPS) is 25.1. The lowest BCUT2D eigenvalue weighted by Crippen LogP contribution is -2.46. The van der Waals surface area contributed by atoms with Gasteiger partial charge in [0.1, 0.15) is 42.1 Å². The molecule has 1 saturated heterocycles. The van der Waals surface area contributed by atoms with Crippen LogP contribution in [0.1, 0.15) is 40.5 Å². The minimum Gasteiger partial charge on any atom is -0.468 e. The van der Waals surface area contributed by atoms with Crippen molar-refractivity contribution in [3.63, 3.8) is 0 Å². The van der Waals surface area contributed by atoms with Crippen molar-refractivity contribution in [1.82, 2.24) is 15.1 Å². The van der Waals surface area contributed by atoms with Gasteiger partial charge in [-0.1, -0.05) is 34.3 Å². The monoisotopic (exact) mass is 575 g/mol. The molecule has 2 heterocycles. The maximum absolute atomic E-state index is 14.1. The Morgan fingerprint density at radius 2 is 1.62 bits per heavy atom. The van der Waals surface area contributed by atoms with Crippen LogP contribution in [0.3, 0.4) is 0 Å². The number of hydrogen-bond acceptors (Lipinski definition) is 12. The zero-order valence-electron chi connectivity index (χ0n) is 23.3. The highest BCUT2D eigenvalue weighted by atomic mass is 31.2. The molecule has 0 aliphatic carbocycles. The fourth-order valence-electron chi connectivity index (χ4n) is 4.15. The van der Waals surface area contributed by atoms with Crippen molar-refractivity contribution in [1.29, 1.82) is 0 Å². The molecule has 1 fully saturated rings. The van der Waals surface area contributed by atoms with Crippen molar-refractivity contribution in [3.8, 4) is 0 Å². The van der Waals surface area contributed by atoms with Gasteiger partial charge in [0.15, 0.2) is 6.23 Å². The Morgan fingerprint density at radius 3 is 2.05 bits per heavy atom. The first-order valence-electron chi connectivity index (χ1n) is 12.7. The predicted octanol–water partition coefficient (Wildman–Crippen LogP) is 0.570. The number of aliphatic imine (C=N–C) groups is 1. The Labute approximate surface area is 229 Å². The summed E-state index contributed by atoms with van der Waals surface area (Å²) in [4.78, 5) is 30.4. The minimum absolute atomic E-state index is 0.0143. The highest BCUT2D eigenvalue weighted by molar-refractivity contribution is 7.54. The van der Waals surface area contributed by atoms with Crippen LogP contribution in [0.15, 0.2) is 29.7 Å². The summed E-state index contributed by atoms with van der Waals surface area (Å²) in [6, 6.07) is -2.08. The van der Waals surface area contributed by atoms with Crippen molar-refractivity contribution in [2.24, 2.45) is 22.6 Å². The van der Waals surface area contributed by atoms with Crippen LogP contribution < -0.4 is 15.9 Å². The maximum Gasteiger partial charge on any atom is 0.342 e. The van der Waals surface area contributed by atoms with Gasteiger partial charge < -0.3 is 39.6 Å². The van der Waals surface area contributed by atoms with Crippen LogP contribution in [0.5, 0.6) is 0 Å². The molecule has 6 atom stereocenters. The summed E-state index contributed by atoms with van der Waals surface area (Å²) in [6.07, 6.45) is -1.57. The lowest BCUT2D eigenvalue weighted by Gasteiger charge is -2.31. The summed E-state index contributed by atoms with van der Waals surface area (Å²) in [7, 11) is -1.80. The van der Waals surface area contributed by atoms with Gasteiger partial charge in [-0.3, -0.25) is 14.2 Å². The van der Waals surface area contributed by atoms with E-state index >= 15 is 0 Å². The standard InChI is InChI=1S/C24H42N5O9P/c1-13(2)10-16(23(32)35-6)27-39(34,28-17(11-14(3)4)24(33)36-7)37-12-18-20(30)21(31)22(38-18)29-9-8-19(25)26-15(29)5/h8-9,13-14,16-18,20-22,30-31H,5,10-12H2,1-4,6-7H3,(H2,25,26)(H2,27,28,34)/t16-,17-,18+,20?,21+,22+/m0/s1. The average Bonchev–Trinajstić information content (AvgIpc) is 3.13. The zero-order valence-corrected chi connectivity index (χ0v) is 24.2. The number of aliphatic hydroxyl groups is 2. The van der Waals surface area contributed by atoms with Crippen LogP contribution in [0.2, 0.25) is 0 Å². The van der Waals surface area contributed by atoms with E-state index in [0.29, 0.717) is 0 Å². The SMILES string of the molecule is C=C1N=C(N)C=CN1[C@@H]1O[C@H](COP(=O)(N[C@@H](CC(C)C)C(=O)OC)N[C@@H](CC(C)C)C(=O)OC)C(O)[C@H]1O. The number of methoxy groups -OCH3 is 2. The largest absolute Gasteiger partial charge is 0.468 e. The Bertz CT molecular complexity index is 953. The molecule has 0 aromatic carbocycles. The molecule has 0 amide bonds. The maximum atomic E-state index is 14.1. The van der Waals surface area contributed by atoms with Gasteiger partial charge in [-0.25, -0.2) is 15.2 Å². The second-order valence-electron chi connectivity index (χ2n) is 10.2. The van der Waals surface area contributed by atoms with E-state index in [2.05, 4.69) is 21.7 Å². The van der Waals surface area contributed by atoms with Gasteiger partial charge in [0, 0.05) is 6.20 Å². The molecule has 222 valence electrons. The fraction of sp³-hybridized carbons (Fsp3) is 0.708. The summed E-state index contributed by atoms with van der Waals surface area (Å²) in [5, 5.41) is 26.7. The number of carbonyl (C=O) groups is 2. The summed E-state index contributed by atoms with van der Waals surface area (Å²) in [5.41, 5.74) is 5.67. The van der Waals surface area contributed by atoms with E-state index in [0.717, 1.165) is 0 Å². The topological polar surface area (TPSA) is 194 Å². The summed E-state index contributed by atoms with van der Waals surface area (Å²) >= 11 is 0. The number of nitrogens with two attached hydrogens (primary N) is 1. The van der Waals surface area contributed by atoms with Gasteiger partial charge in [-0.15, -0.1) is 0 Å². The number of rotatable bonds is 14. The third-order valence-corrected chi connectivity index (χ3v) is 7.85. The number of hydrogen-bond donors (Lipinski definition) is 5. The van der Waals surface area contributed by atoms with Gasteiger partial charge >= 0.3 is 19.6 Å². The Morgan fingerprint density at radius 1 is 1.10 bits per heavy atom. The second-order valence-corrected chi connectivity index (χ2v) is 12.1. The first-order valence-corrected chi connectivity index (χ1v) is 14.3. The molecule has 0 spiro atoms. The molecule has 0 radical (unpaired) electrons. The number of amidine groups is 1. The van der Waals surface area contributed by atoms with Crippen molar-refractivity contribution >= 4 is 25.4 Å². The third-order valence-electron chi connectivity index (χ3n) is 6.03. The van der Waals surface area contributed by atoms with Crippen molar-refractivity contribution in [2.75, 3.05) is 20.8 Å². The van der Waals surface area contributed by atoms with E-state index in [9.17, 15) is 24.4 Å². The number of esters is 2. The summed E-state index contributed by atoms with van der Waals surface area (Å²) in [5.74, 6) is -0.913. The molecule has 2 aliphatic heterocycles. The lowest BCUT2D eigenvalue weighted by molar-refractivity contribution is -0.143. The molecular formula is C24H42N5O9P. The molecule has 0 aromatic heterocycles. The Balaban J connectivity index is 2.28. The molecule has 14 nitrogen and oxygen atoms in total. The molecule has 0 aromatic rings. The third kappa shape index (κ3) is 9.10. The molecular weight excluding hydrogens is 533 g/mol. The first-order chi connectivity index (χ1) is 18.2. The Hall–Kier alpha value is -2.32. The summed E-state index contributed by atoms with van der Waals surface area (Å²) < 4.78 is 35.4. The van der Waals surface area contributed by atoms with Crippen molar-refractivity contribution < 1.29 is 43.1 Å². The van der Waals surface area contributed by atoms with Gasteiger partial charge in [-0.2, -0.15) is 0 Å². The highest BCUT2D eigenvalue weighted by Crippen LogP contribution is 2.42. The van der Waals surface area contributed by atoms with E-state index in [1.165, 1.54) is 31.4 Å². The molecule has 0 saturated carbocycles. The van der Waals surface area contributed by atoms with E-state index in [1.807, 2.05) is 27.7 Å². The van der Waals surface area contributed by atoms with Crippen LogP contribution in [0, 0.1) is 11.8 Å². The van der Waals surface area contributed by atoms with Crippen LogP contribution in [-0.4, -0.2) is 90.3 Å². The number of ether oxygens (including phenoxy) is 3. The van der Waals surface area contributed by atoms with Gasteiger partial charge in [0.05, 0.1) is 20.8 Å². The highest BCUT2D eigenvalue weighted by Gasteiger charge is 2.47. The van der Waals surface area contributed by atoms with Gasteiger partial charge in [0.2, 0.25) is 0 Å². The second kappa shape index (κ2) is 14.4. The number of nitrogens with zero attached hydrogens (tertiary/aromatic N) is 2. The zero-order chi connectivity index (χ0) is 29.5. The van der Waals surface area contributed by atoms with E-state index < -0.39 is 62.8 Å². The van der Waals surface area contributed by atoms with Crippen molar-refractivity contribution in [3.05, 3.63) is 24.7 Å². The van der Waals surface area contributed by atoms with Crippen LogP contribution in [0.4, 0.5) is 0 Å². The molecule has 0 bridgehead atoms. The molecule has 1 unspecified atom stereocenters. The molecule has 2 rings (SSSR count). The number of aliphatic hydroxyl groups excluding tert-OH is 2. The fourth-order valence-corrected chi connectivity index (χ4v) is 5.97. The first kappa shape index (κ1) is 32.9. The average molecular weight is 576 g/mol. The minimum atomic E-state index is -4.21. The molecule has 6 N–H and O–H groups in total.